The van der Waals surface area contributed by atoms with Crippen LogP contribution in [0.3, 0.4) is 0 Å². The van der Waals surface area contributed by atoms with Crippen molar-refractivity contribution >= 4 is 7.60 Å². The highest BCUT2D eigenvalue weighted by Gasteiger charge is 2.42. The topological polar surface area (TPSA) is 55.8 Å². The van der Waals surface area contributed by atoms with Gasteiger partial charge in [0, 0.05) is 0 Å². The van der Waals surface area contributed by atoms with Gasteiger partial charge in [0.25, 0.3) is 0 Å². The Balaban J connectivity index is 2.76. The standard InChI is InChI=1S/C12H25O4P/c1-9(2)15-17(14,16-10(3)4)12(13)11-7-5-6-8-11/h9-13H,5-8H2,1-4H3. The van der Waals surface area contributed by atoms with E-state index >= 15 is 0 Å². The Labute approximate surface area is 104 Å². The van der Waals surface area contributed by atoms with E-state index in [1.807, 2.05) is 0 Å². The molecule has 0 aromatic carbocycles. The van der Waals surface area contributed by atoms with Crippen molar-refractivity contribution in [3.63, 3.8) is 0 Å². The van der Waals surface area contributed by atoms with E-state index in [4.69, 9.17) is 9.05 Å². The third-order valence-electron chi connectivity index (χ3n) is 2.86. The number of aliphatic hydroxyl groups excluding tert-OH is 1. The summed E-state index contributed by atoms with van der Waals surface area (Å²) in [5.74, 6) is -0.923. The first-order valence-electron chi connectivity index (χ1n) is 6.49. The normalized spacial score (nSPS) is 20.4. The molecule has 0 aliphatic heterocycles. The van der Waals surface area contributed by atoms with Crippen LogP contribution < -0.4 is 0 Å². The maximum Gasteiger partial charge on any atom is 0.359 e. The van der Waals surface area contributed by atoms with Crippen molar-refractivity contribution < 1.29 is 18.7 Å². The summed E-state index contributed by atoms with van der Waals surface area (Å²) in [5.41, 5.74) is 0. The number of rotatable bonds is 6. The van der Waals surface area contributed by atoms with Crippen LogP contribution in [0, 0.1) is 5.92 Å². The molecule has 0 aromatic heterocycles. The Hall–Kier alpha value is 0.110. The molecule has 17 heavy (non-hydrogen) atoms. The molecular weight excluding hydrogens is 239 g/mol. The summed E-state index contributed by atoms with van der Waals surface area (Å²) < 4.78 is 23.4. The Morgan fingerprint density at radius 3 is 1.82 bits per heavy atom. The summed E-state index contributed by atoms with van der Waals surface area (Å²) in [5, 5.41) is 10.3. The lowest BCUT2D eigenvalue weighted by molar-refractivity contribution is 0.0801. The predicted molar refractivity (Wildman–Crippen MR) is 68.0 cm³/mol. The average molecular weight is 264 g/mol. The van der Waals surface area contributed by atoms with Crippen molar-refractivity contribution in [3.05, 3.63) is 0 Å². The zero-order valence-corrected chi connectivity index (χ0v) is 12.2. The molecular formula is C12H25O4P. The van der Waals surface area contributed by atoms with Gasteiger partial charge >= 0.3 is 7.60 Å². The van der Waals surface area contributed by atoms with Crippen LogP contribution in [0.4, 0.5) is 0 Å². The average Bonchev–Trinajstić information content (AvgIpc) is 2.66. The first-order chi connectivity index (χ1) is 7.85. The van der Waals surface area contributed by atoms with Crippen LogP contribution in [0.25, 0.3) is 0 Å². The molecule has 0 radical (unpaired) electrons. The molecule has 102 valence electrons. The second kappa shape index (κ2) is 6.33. The quantitative estimate of drug-likeness (QED) is 0.745. The Morgan fingerprint density at radius 1 is 1.06 bits per heavy atom. The van der Waals surface area contributed by atoms with Crippen molar-refractivity contribution in [1.29, 1.82) is 0 Å². The van der Waals surface area contributed by atoms with Crippen molar-refractivity contribution in [3.8, 4) is 0 Å². The molecule has 1 aliphatic rings. The maximum atomic E-state index is 12.6. The minimum Gasteiger partial charge on any atom is -0.380 e. The fourth-order valence-corrected chi connectivity index (χ4v) is 4.54. The third kappa shape index (κ3) is 4.36. The van der Waals surface area contributed by atoms with Gasteiger partial charge in [-0.1, -0.05) is 12.8 Å². The number of hydrogen-bond acceptors (Lipinski definition) is 4. The molecule has 0 amide bonds. The molecule has 1 N–H and O–H groups in total. The monoisotopic (exact) mass is 264 g/mol. The van der Waals surface area contributed by atoms with E-state index in [-0.39, 0.29) is 18.1 Å². The van der Waals surface area contributed by atoms with Crippen molar-refractivity contribution in [2.45, 2.75) is 71.4 Å². The van der Waals surface area contributed by atoms with Crippen molar-refractivity contribution in [2.24, 2.45) is 5.92 Å². The highest BCUT2D eigenvalue weighted by molar-refractivity contribution is 7.54. The second-order valence-corrected chi connectivity index (χ2v) is 7.34. The Morgan fingerprint density at radius 2 is 1.47 bits per heavy atom. The first-order valence-corrected chi connectivity index (χ1v) is 8.11. The molecule has 4 nitrogen and oxygen atoms in total. The zero-order valence-electron chi connectivity index (χ0n) is 11.3. The lowest BCUT2D eigenvalue weighted by atomic mass is 10.1. The summed E-state index contributed by atoms with van der Waals surface area (Å²) in [6, 6.07) is 0. The first kappa shape index (κ1) is 15.2. The van der Waals surface area contributed by atoms with Gasteiger partial charge in [-0.25, -0.2) is 0 Å². The van der Waals surface area contributed by atoms with Crippen LogP contribution in [0.2, 0.25) is 0 Å². The number of hydrogen-bond donors (Lipinski definition) is 1. The third-order valence-corrected chi connectivity index (χ3v) is 5.36. The van der Waals surface area contributed by atoms with E-state index < -0.39 is 13.4 Å². The van der Waals surface area contributed by atoms with Gasteiger partial charge < -0.3 is 14.2 Å². The molecule has 0 saturated heterocycles. The molecule has 1 saturated carbocycles. The minimum atomic E-state index is -3.42. The predicted octanol–water partition coefficient (Wildman–Crippen LogP) is 3.54. The molecule has 1 atom stereocenters. The van der Waals surface area contributed by atoms with E-state index in [1.165, 1.54) is 0 Å². The summed E-state index contributed by atoms with van der Waals surface area (Å²) in [7, 11) is -3.42. The molecule has 0 heterocycles. The van der Waals surface area contributed by atoms with Crippen LogP contribution >= 0.6 is 7.60 Å². The van der Waals surface area contributed by atoms with Gasteiger partial charge in [-0.15, -0.1) is 0 Å². The van der Waals surface area contributed by atoms with E-state index in [0.29, 0.717) is 0 Å². The maximum absolute atomic E-state index is 12.6. The van der Waals surface area contributed by atoms with Crippen LogP contribution in [0.5, 0.6) is 0 Å². The van der Waals surface area contributed by atoms with E-state index in [2.05, 4.69) is 0 Å². The molecule has 1 rings (SSSR count). The summed E-state index contributed by atoms with van der Waals surface area (Å²) >= 11 is 0. The minimum absolute atomic E-state index is 0.0540. The SMILES string of the molecule is CC(C)OP(=O)(OC(C)C)C(O)C1CCCC1. The van der Waals surface area contributed by atoms with Gasteiger partial charge in [-0.2, -0.15) is 0 Å². The van der Waals surface area contributed by atoms with Crippen LogP contribution in [0.15, 0.2) is 0 Å². The zero-order chi connectivity index (χ0) is 13.1. The smallest absolute Gasteiger partial charge is 0.359 e. The molecule has 0 spiro atoms. The van der Waals surface area contributed by atoms with Crippen LogP contribution in [-0.4, -0.2) is 23.2 Å². The van der Waals surface area contributed by atoms with Gasteiger partial charge in [0.05, 0.1) is 12.2 Å². The van der Waals surface area contributed by atoms with E-state index in [9.17, 15) is 9.67 Å². The molecule has 1 fully saturated rings. The molecule has 0 aromatic rings. The van der Waals surface area contributed by atoms with Crippen LogP contribution in [0.1, 0.15) is 53.4 Å². The van der Waals surface area contributed by atoms with Gasteiger partial charge in [0.1, 0.15) is 0 Å². The second-order valence-electron chi connectivity index (χ2n) is 5.31. The lowest BCUT2D eigenvalue weighted by Crippen LogP contribution is -2.24. The Kier molecular flexibility index (Phi) is 5.65. The molecule has 1 aliphatic carbocycles. The van der Waals surface area contributed by atoms with E-state index in [1.54, 1.807) is 27.7 Å². The van der Waals surface area contributed by atoms with E-state index in [0.717, 1.165) is 25.7 Å². The summed E-state index contributed by atoms with van der Waals surface area (Å²) in [6.07, 6.45) is 3.57. The number of aliphatic hydroxyl groups is 1. The van der Waals surface area contributed by atoms with Crippen molar-refractivity contribution in [2.75, 3.05) is 0 Å². The summed E-state index contributed by atoms with van der Waals surface area (Å²) in [6.45, 7) is 7.21. The largest absolute Gasteiger partial charge is 0.380 e. The van der Waals surface area contributed by atoms with Gasteiger partial charge in [0.15, 0.2) is 5.85 Å². The lowest BCUT2D eigenvalue weighted by Gasteiger charge is -2.29. The summed E-state index contributed by atoms with van der Waals surface area (Å²) in [4.78, 5) is 0. The van der Waals surface area contributed by atoms with Crippen molar-refractivity contribution in [1.82, 2.24) is 0 Å². The Bertz CT molecular complexity index is 258. The molecule has 1 unspecified atom stereocenters. The van der Waals surface area contributed by atoms with Gasteiger partial charge in [-0.05, 0) is 46.5 Å². The van der Waals surface area contributed by atoms with Gasteiger partial charge in [-0.3, -0.25) is 4.57 Å². The fourth-order valence-electron chi connectivity index (χ4n) is 2.25. The highest BCUT2D eigenvalue weighted by atomic mass is 31.2. The molecule has 0 bridgehead atoms. The highest BCUT2D eigenvalue weighted by Crippen LogP contribution is 2.58. The van der Waals surface area contributed by atoms with Crippen LogP contribution in [-0.2, 0) is 13.6 Å². The fraction of sp³-hybridized carbons (Fsp3) is 1.00. The molecule has 5 heteroatoms. The van der Waals surface area contributed by atoms with Gasteiger partial charge in [0.2, 0.25) is 0 Å².